The molecule has 0 saturated carbocycles. The van der Waals surface area contributed by atoms with Crippen molar-refractivity contribution in [3.8, 4) is 0 Å². The van der Waals surface area contributed by atoms with Crippen LogP contribution in [0.2, 0.25) is 0 Å². The molecular weight excluding hydrogens is 264 g/mol. The summed E-state index contributed by atoms with van der Waals surface area (Å²) in [4.78, 5) is 0. The Balaban J connectivity index is 2.39. The van der Waals surface area contributed by atoms with E-state index in [1.807, 2.05) is 19.1 Å². The van der Waals surface area contributed by atoms with Crippen LogP contribution < -0.4 is 5.32 Å². The van der Waals surface area contributed by atoms with E-state index in [0.717, 1.165) is 25.3 Å². The van der Waals surface area contributed by atoms with Crippen molar-refractivity contribution in [1.82, 2.24) is 9.62 Å². The highest BCUT2D eigenvalue weighted by Crippen LogP contribution is 2.11. The molecule has 1 aromatic rings. The highest BCUT2D eigenvalue weighted by Gasteiger charge is 2.18. The molecule has 0 saturated heterocycles. The Morgan fingerprint density at radius 2 is 2.05 bits per heavy atom. The molecule has 0 aliphatic rings. The van der Waals surface area contributed by atoms with Gasteiger partial charge >= 0.3 is 0 Å². The molecule has 1 aromatic heterocycles. The predicted octanol–water partition coefficient (Wildman–Crippen LogP) is 1.74. The molecule has 1 N–H and O–H groups in total. The zero-order chi connectivity index (χ0) is 14.3. The molecule has 6 heteroatoms. The van der Waals surface area contributed by atoms with E-state index in [-0.39, 0.29) is 5.75 Å². The zero-order valence-corrected chi connectivity index (χ0v) is 12.8. The fraction of sp³-hybridized carbons (Fsp3) is 0.692. The maximum Gasteiger partial charge on any atom is 0.214 e. The minimum absolute atomic E-state index is 0.167. The second-order valence-corrected chi connectivity index (χ2v) is 6.88. The maximum absolute atomic E-state index is 12.0. The summed E-state index contributed by atoms with van der Waals surface area (Å²) in [6.07, 6.45) is 1.69. The minimum Gasteiger partial charge on any atom is -0.465 e. The first-order valence-electron chi connectivity index (χ1n) is 6.65. The first-order valence-corrected chi connectivity index (χ1v) is 8.26. The van der Waals surface area contributed by atoms with Gasteiger partial charge in [0.05, 0.1) is 12.3 Å². The Hall–Kier alpha value is -0.850. The summed E-state index contributed by atoms with van der Waals surface area (Å²) in [6, 6.07) is 3.65. The number of nitrogens with zero attached hydrogens (tertiary/aromatic N) is 1. The van der Waals surface area contributed by atoms with E-state index in [1.165, 1.54) is 4.31 Å². The Kier molecular flexibility index (Phi) is 6.54. The molecule has 19 heavy (non-hydrogen) atoms. The van der Waals surface area contributed by atoms with Gasteiger partial charge in [-0.05, 0) is 45.0 Å². The van der Waals surface area contributed by atoms with Crippen molar-refractivity contribution >= 4 is 10.0 Å². The predicted molar refractivity (Wildman–Crippen MR) is 76.5 cm³/mol. The molecule has 0 amide bonds. The van der Waals surface area contributed by atoms with Gasteiger partial charge in [0.25, 0.3) is 0 Å². The quantitative estimate of drug-likeness (QED) is 0.703. The SMILES string of the molecule is CCCNCCCS(=O)(=O)N(C)Cc1ccc(C)o1. The monoisotopic (exact) mass is 288 g/mol. The first-order chi connectivity index (χ1) is 8.95. The summed E-state index contributed by atoms with van der Waals surface area (Å²) >= 11 is 0. The lowest BCUT2D eigenvalue weighted by Gasteiger charge is -2.15. The van der Waals surface area contributed by atoms with Gasteiger partial charge in [0.2, 0.25) is 10.0 Å². The average Bonchev–Trinajstić information content (AvgIpc) is 2.74. The lowest BCUT2D eigenvalue weighted by atomic mass is 10.4. The highest BCUT2D eigenvalue weighted by molar-refractivity contribution is 7.89. The largest absolute Gasteiger partial charge is 0.465 e. The van der Waals surface area contributed by atoms with E-state index < -0.39 is 10.0 Å². The fourth-order valence-corrected chi connectivity index (χ4v) is 2.87. The van der Waals surface area contributed by atoms with Crippen molar-refractivity contribution in [1.29, 1.82) is 0 Å². The summed E-state index contributed by atoms with van der Waals surface area (Å²) in [5, 5.41) is 3.20. The van der Waals surface area contributed by atoms with Crippen molar-refractivity contribution in [2.75, 3.05) is 25.9 Å². The third kappa shape index (κ3) is 5.76. The van der Waals surface area contributed by atoms with Crippen molar-refractivity contribution in [3.63, 3.8) is 0 Å². The molecule has 0 aliphatic heterocycles. The number of furan rings is 1. The van der Waals surface area contributed by atoms with Crippen LogP contribution >= 0.6 is 0 Å². The first kappa shape index (κ1) is 16.2. The zero-order valence-electron chi connectivity index (χ0n) is 12.0. The van der Waals surface area contributed by atoms with Crippen LogP contribution in [-0.4, -0.2) is 38.6 Å². The highest BCUT2D eigenvalue weighted by atomic mass is 32.2. The molecule has 0 spiro atoms. The summed E-state index contributed by atoms with van der Waals surface area (Å²) < 4.78 is 30.8. The number of hydrogen-bond acceptors (Lipinski definition) is 4. The lowest BCUT2D eigenvalue weighted by Crippen LogP contribution is -2.30. The van der Waals surface area contributed by atoms with Gasteiger partial charge in [0.1, 0.15) is 11.5 Å². The summed E-state index contributed by atoms with van der Waals surface area (Å²) in [5.74, 6) is 1.64. The molecule has 1 rings (SSSR count). The Morgan fingerprint density at radius 3 is 2.63 bits per heavy atom. The second-order valence-electron chi connectivity index (χ2n) is 4.69. The van der Waals surface area contributed by atoms with Gasteiger partial charge in [0.15, 0.2) is 0 Å². The normalized spacial score (nSPS) is 12.2. The standard InChI is InChI=1S/C13H24N2O3S/c1-4-8-14-9-5-10-19(16,17)15(3)11-13-7-6-12(2)18-13/h6-7,14H,4-5,8-11H2,1-3H3. The van der Waals surface area contributed by atoms with Crippen LogP contribution in [0.3, 0.4) is 0 Å². The number of sulfonamides is 1. The smallest absolute Gasteiger partial charge is 0.214 e. The second kappa shape index (κ2) is 7.67. The average molecular weight is 288 g/mol. The maximum atomic E-state index is 12.0. The van der Waals surface area contributed by atoms with Crippen molar-refractivity contribution in [2.45, 2.75) is 33.2 Å². The molecular formula is C13H24N2O3S. The molecule has 0 aromatic carbocycles. The van der Waals surface area contributed by atoms with Crippen LogP contribution in [-0.2, 0) is 16.6 Å². The molecule has 0 bridgehead atoms. The molecule has 110 valence electrons. The molecule has 1 heterocycles. The minimum atomic E-state index is -3.20. The van der Waals surface area contributed by atoms with E-state index >= 15 is 0 Å². The topological polar surface area (TPSA) is 62.6 Å². The number of nitrogens with one attached hydrogen (secondary N) is 1. The Bertz CT molecular complexity index is 468. The molecule has 0 fully saturated rings. The molecule has 5 nitrogen and oxygen atoms in total. The van der Waals surface area contributed by atoms with Gasteiger partial charge < -0.3 is 9.73 Å². The Labute approximate surface area is 116 Å². The van der Waals surface area contributed by atoms with E-state index in [2.05, 4.69) is 12.2 Å². The van der Waals surface area contributed by atoms with Crippen molar-refractivity contribution in [2.24, 2.45) is 0 Å². The number of aryl methyl sites for hydroxylation is 1. The van der Waals surface area contributed by atoms with Crippen LogP contribution in [0.1, 0.15) is 31.3 Å². The van der Waals surface area contributed by atoms with E-state index in [0.29, 0.717) is 18.7 Å². The van der Waals surface area contributed by atoms with Crippen molar-refractivity contribution in [3.05, 3.63) is 23.7 Å². The van der Waals surface area contributed by atoms with E-state index in [9.17, 15) is 8.42 Å². The molecule has 0 unspecified atom stereocenters. The van der Waals surface area contributed by atoms with E-state index in [1.54, 1.807) is 7.05 Å². The van der Waals surface area contributed by atoms with Gasteiger partial charge in [-0.15, -0.1) is 0 Å². The van der Waals surface area contributed by atoms with Crippen LogP contribution in [0.4, 0.5) is 0 Å². The molecule has 0 aliphatic carbocycles. The molecule has 0 atom stereocenters. The van der Waals surface area contributed by atoms with Crippen LogP contribution in [0, 0.1) is 6.92 Å². The molecule has 0 radical (unpaired) electrons. The summed E-state index contributed by atoms with van der Waals surface area (Å²) in [5.41, 5.74) is 0. The van der Waals surface area contributed by atoms with Gasteiger partial charge in [-0.25, -0.2) is 8.42 Å². The van der Waals surface area contributed by atoms with Crippen molar-refractivity contribution < 1.29 is 12.8 Å². The summed E-state index contributed by atoms with van der Waals surface area (Å²) in [7, 11) is -1.61. The van der Waals surface area contributed by atoms with Crippen LogP contribution in [0.25, 0.3) is 0 Å². The number of hydrogen-bond donors (Lipinski definition) is 1. The summed E-state index contributed by atoms with van der Waals surface area (Å²) in [6.45, 7) is 5.89. The third-order valence-corrected chi connectivity index (χ3v) is 4.72. The van der Waals surface area contributed by atoms with Gasteiger partial charge in [-0.3, -0.25) is 0 Å². The van der Waals surface area contributed by atoms with Gasteiger partial charge in [0, 0.05) is 7.05 Å². The van der Waals surface area contributed by atoms with Gasteiger partial charge in [-0.1, -0.05) is 6.92 Å². The lowest BCUT2D eigenvalue weighted by molar-refractivity contribution is 0.397. The Morgan fingerprint density at radius 1 is 1.32 bits per heavy atom. The van der Waals surface area contributed by atoms with Crippen LogP contribution in [0.5, 0.6) is 0 Å². The third-order valence-electron chi connectivity index (χ3n) is 2.83. The van der Waals surface area contributed by atoms with Gasteiger partial charge in [-0.2, -0.15) is 4.31 Å². The van der Waals surface area contributed by atoms with Crippen LogP contribution in [0.15, 0.2) is 16.5 Å². The number of rotatable bonds is 9. The fourth-order valence-electron chi connectivity index (χ4n) is 1.73. The van der Waals surface area contributed by atoms with E-state index in [4.69, 9.17) is 4.42 Å².